The van der Waals surface area contributed by atoms with Crippen LogP contribution in [0.5, 0.6) is 11.5 Å². The van der Waals surface area contributed by atoms with Gasteiger partial charge in [-0.2, -0.15) is 13.9 Å². The third kappa shape index (κ3) is 6.82. The number of halogens is 2. The predicted octanol–water partition coefficient (Wildman–Crippen LogP) is 4.09. The van der Waals surface area contributed by atoms with Gasteiger partial charge < -0.3 is 24.8 Å². The molecule has 1 saturated heterocycles. The second-order valence-corrected chi connectivity index (χ2v) is 13.8. The van der Waals surface area contributed by atoms with Crippen molar-refractivity contribution in [3.05, 3.63) is 83.6 Å². The SMILES string of the molecule is C[C@H](NC(=O)C(C)(F)F)[C@H](Oc1ccc2c(cnn2-c2cccc(C(=O)N[C@@H]3CCS(=O)(=O)C3)c2)c1)c1ccc2c(c1)OCOC2. The molecule has 2 amide bonds. The van der Waals surface area contributed by atoms with Gasteiger partial charge in [-0.15, -0.1) is 0 Å². The minimum absolute atomic E-state index is 0.0586. The van der Waals surface area contributed by atoms with Crippen LogP contribution in [0.1, 0.15) is 47.9 Å². The van der Waals surface area contributed by atoms with Crippen LogP contribution >= 0.6 is 0 Å². The smallest absolute Gasteiger partial charge is 0.321 e. The maximum Gasteiger partial charge on any atom is 0.321 e. The molecule has 0 bridgehead atoms. The summed E-state index contributed by atoms with van der Waals surface area (Å²) in [7, 11) is -3.14. The first-order chi connectivity index (χ1) is 21.9. The van der Waals surface area contributed by atoms with Gasteiger partial charge in [-0.3, -0.25) is 9.59 Å². The molecule has 4 aromatic rings. The van der Waals surface area contributed by atoms with Crippen LogP contribution in [-0.2, 0) is 26.0 Å². The number of nitrogens with one attached hydrogen (secondary N) is 2. The van der Waals surface area contributed by atoms with Crippen molar-refractivity contribution in [2.75, 3.05) is 18.3 Å². The minimum atomic E-state index is -3.57. The maximum atomic E-state index is 13.8. The molecule has 2 aliphatic rings. The second-order valence-electron chi connectivity index (χ2n) is 11.6. The summed E-state index contributed by atoms with van der Waals surface area (Å²) in [5, 5.41) is 10.4. The fraction of sp³-hybridized carbons (Fsp3) is 0.344. The molecule has 0 aliphatic carbocycles. The Morgan fingerprint density at radius 1 is 1.13 bits per heavy atom. The molecule has 1 aromatic heterocycles. The third-order valence-corrected chi connectivity index (χ3v) is 9.68. The molecule has 0 spiro atoms. The standard InChI is InChI=1S/C32H32F2N4O7S/c1-19(36-31(40)32(2,33)34)29(20-6-7-22-16-43-18-44-28(22)14-20)45-26-8-9-27-23(13-26)15-35-38(27)25-5-3-4-21(12-25)30(39)37-24-10-11-46(41,42)17-24/h3-9,12-15,19,24,29H,10-11,16-18H2,1-2H3,(H,36,40)(H,37,39)/t19-,24+,29-/m0/s1. The normalized spacial score (nSPS) is 18.7. The molecule has 242 valence electrons. The molecule has 3 atom stereocenters. The van der Waals surface area contributed by atoms with E-state index < -0.39 is 39.9 Å². The van der Waals surface area contributed by atoms with Crippen molar-refractivity contribution in [1.82, 2.24) is 20.4 Å². The van der Waals surface area contributed by atoms with Gasteiger partial charge in [-0.25, -0.2) is 13.1 Å². The van der Waals surface area contributed by atoms with Crippen molar-refractivity contribution in [2.24, 2.45) is 0 Å². The number of sulfone groups is 1. The highest BCUT2D eigenvalue weighted by molar-refractivity contribution is 7.91. The Balaban J connectivity index is 1.25. The van der Waals surface area contributed by atoms with Gasteiger partial charge in [0.05, 0.1) is 41.6 Å². The number of rotatable bonds is 9. The van der Waals surface area contributed by atoms with Crippen molar-refractivity contribution in [3.8, 4) is 17.2 Å². The number of nitrogens with zero attached hydrogens (tertiary/aromatic N) is 2. The molecular formula is C32H32F2N4O7S. The Hall–Kier alpha value is -4.56. The molecule has 3 heterocycles. The summed E-state index contributed by atoms with van der Waals surface area (Å²) < 4.78 is 70.0. The van der Waals surface area contributed by atoms with E-state index in [2.05, 4.69) is 15.7 Å². The van der Waals surface area contributed by atoms with E-state index in [-0.39, 0.29) is 24.2 Å². The Labute approximate surface area is 263 Å². The van der Waals surface area contributed by atoms with Crippen LogP contribution in [0.4, 0.5) is 8.78 Å². The first-order valence-electron chi connectivity index (χ1n) is 14.6. The number of amides is 2. The summed E-state index contributed by atoms with van der Waals surface area (Å²) in [6.07, 6.45) is 1.15. The average Bonchev–Trinajstić information content (AvgIpc) is 3.60. The molecule has 0 saturated carbocycles. The van der Waals surface area contributed by atoms with E-state index in [1.807, 2.05) is 0 Å². The molecule has 0 unspecified atom stereocenters. The zero-order chi connectivity index (χ0) is 32.6. The number of hydrogen-bond donors (Lipinski definition) is 2. The largest absolute Gasteiger partial charge is 0.484 e. The van der Waals surface area contributed by atoms with Gasteiger partial charge in [0.2, 0.25) is 0 Å². The molecule has 11 nitrogen and oxygen atoms in total. The molecule has 6 rings (SSSR count). The van der Waals surface area contributed by atoms with Gasteiger partial charge >= 0.3 is 5.92 Å². The van der Waals surface area contributed by atoms with E-state index in [9.17, 15) is 26.8 Å². The van der Waals surface area contributed by atoms with Crippen molar-refractivity contribution < 1.29 is 41.0 Å². The zero-order valence-corrected chi connectivity index (χ0v) is 25.9. The van der Waals surface area contributed by atoms with Crippen molar-refractivity contribution in [1.29, 1.82) is 0 Å². The van der Waals surface area contributed by atoms with Gasteiger partial charge in [0.1, 0.15) is 17.6 Å². The summed E-state index contributed by atoms with van der Waals surface area (Å²) in [6, 6.07) is 16.1. The second kappa shape index (κ2) is 12.3. The Bertz CT molecular complexity index is 1910. The van der Waals surface area contributed by atoms with Crippen molar-refractivity contribution >= 4 is 32.6 Å². The lowest BCUT2D eigenvalue weighted by Crippen LogP contribution is -2.46. The predicted molar refractivity (Wildman–Crippen MR) is 164 cm³/mol. The van der Waals surface area contributed by atoms with Crippen LogP contribution in [0.3, 0.4) is 0 Å². The van der Waals surface area contributed by atoms with E-state index >= 15 is 0 Å². The van der Waals surface area contributed by atoms with Gasteiger partial charge in [-0.05, 0) is 61.4 Å². The van der Waals surface area contributed by atoms with E-state index in [1.165, 1.54) is 0 Å². The first-order valence-corrected chi connectivity index (χ1v) is 16.5. The quantitative estimate of drug-likeness (QED) is 0.276. The highest BCUT2D eigenvalue weighted by atomic mass is 32.2. The maximum absolute atomic E-state index is 13.8. The molecular weight excluding hydrogens is 622 g/mol. The van der Waals surface area contributed by atoms with Crippen LogP contribution < -0.4 is 20.1 Å². The lowest BCUT2D eigenvalue weighted by molar-refractivity contribution is -0.144. The third-order valence-electron chi connectivity index (χ3n) is 7.91. The topological polar surface area (TPSA) is 138 Å². The summed E-state index contributed by atoms with van der Waals surface area (Å²) >= 11 is 0. The average molecular weight is 655 g/mol. The summed E-state index contributed by atoms with van der Waals surface area (Å²) in [5.74, 6) is -4.39. The number of carbonyl (C=O) groups is 2. The Morgan fingerprint density at radius 3 is 2.72 bits per heavy atom. The molecule has 46 heavy (non-hydrogen) atoms. The fourth-order valence-corrected chi connectivity index (χ4v) is 7.19. The number of aromatic nitrogens is 2. The highest BCUT2D eigenvalue weighted by Crippen LogP contribution is 2.33. The van der Waals surface area contributed by atoms with Gasteiger partial charge in [-0.1, -0.05) is 18.2 Å². The Morgan fingerprint density at radius 2 is 1.96 bits per heavy atom. The lowest BCUT2D eigenvalue weighted by atomic mass is 10.00. The van der Waals surface area contributed by atoms with Gasteiger partial charge in [0, 0.05) is 29.5 Å². The van der Waals surface area contributed by atoms with Crippen molar-refractivity contribution in [2.45, 2.75) is 51.0 Å². The Kier molecular flexibility index (Phi) is 8.42. The molecule has 1 fully saturated rings. The van der Waals surface area contributed by atoms with E-state index in [1.54, 1.807) is 78.5 Å². The van der Waals surface area contributed by atoms with Crippen LogP contribution in [0, 0.1) is 0 Å². The lowest BCUT2D eigenvalue weighted by Gasteiger charge is -2.28. The van der Waals surface area contributed by atoms with E-state index in [0.717, 1.165) is 5.56 Å². The van der Waals surface area contributed by atoms with Crippen LogP contribution in [0.25, 0.3) is 16.6 Å². The zero-order valence-electron chi connectivity index (χ0n) is 25.0. The fourth-order valence-electron chi connectivity index (χ4n) is 5.52. The summed E-state index contributed by atoms with van der Waals surface area (Å²) in [6.45, 7) is 2.57. The molecule has 0 radical (unpaired) electrons. The number of hydrogen-bond acceptors (Lipinski definition) is 8. The minimum Gasteiger partial charge on any atom is -0.484 e. The molecule has 2 N–H and O–H groups in total. The number of carbonyl (C=O) groups excluding carboxylic acids is 2. The number of benzene rings is 3. The van der Waals surface area contributed by atoms with Gasteiger partial charge in [0.15, 0.2) is 16.6 Å². The van der Waals surface area contributed by atoms with Gasteiger partial charge in [0.25, 0.3) is 11.8 Å². The van der Waals surface area contributed by atoms with E-state index in [4.69, 9.17) is 14.2 Å². The highest BCUT2D eigenvalue weighted by Gasteiger charge is 2.35. The van der Waals surface area contributed by atoms with Crippen LogP contribution in [0.2, 0.25) is 0 Å². The summed E-state index contributed by atoms with van der Waals surface area (Å²) in [4.78, 5) is 25.1. The number of fused-ring (bicyclic) bond motifs is 2. The molecule has 14 heteroatoms. The number of ether oxygens (including phenoxy) is 3. The first kappa shape index (κ1) is 31.4. The van der Waals surface area contributed by atoms with Crippen molar-refractivity contribution in [3.63, 3.8) is 0 Å². The molecule has 2 aliphatic heterocycles. The van der Waals surface area contributed by atoms with Crippen LogP contribution in [-0.4, -0.2) is 66.3 Å². The number of alkyl halides is 2. The monoisotopic (exact) mass is 654 g/mol. The molecule has 3 aromatic carbocycles. The van der Waals surface area contributed by atoms with E-state index in [0.29, 0.717) is 59.2 Å². The summed E-state index contributed by atoms with van der Waals surface area (Å²) in [5.41, 5.74) is 3.12. The van der Waals surface area contributed by atoms with Crippen LogP contribution in [0.15, 0.2) is 66.9 Å².